The number of carbonyl (C=O) groups is 1. The zero-order valence-corrected chi connectivity index (χ0v) is 10.9. The van der Waals surface area contributed by atoms with E-state index in [4.69, 9.17) is 4.74 Å². The summed E-state index contributed by atoms with van der Waals surface area (Å²) >= 11 is 0. The van der Waals surface area contributed by atoms with Crippen molar-refractivity contribution in [2.24, 2.45) is 0 Å². The molecule has 2 rings (SSSR count). The first kappa shape index (κ1) is 12.6. The van der Waals surface area contributed by atoms with E-state index in [1.54, 1.807) is 6.20 Å². The Bertz CT molecular complexity index is 575. The van der Waals surface area contributed by atoms with E-state index in [0.29, 0.717) is 6.61 Å². The van der Waals surface area contributed by atoms with Gasteiger partial charge in [-0.05, 0) is 38.5 Å². The monoisotopic (exact) mass is 243 g/mol. The maximum Gasteiger partial charge on any atom is 0.315 e. The molecule has 0 aliphatic carbocycles. The predicted octanol–water partition coefficient (Wildman–Crippen LogP) is 3.08. The van der Waals surface area contributed by atoms with Crippen molar-refractivity contribution in [3.8, 4) is 0 Å². The van der Waals surface area contributed by atoms with Gasteiger partial charge in [0.2, 0.25) is 0 Å². The summed E-state index contributed by atoms with van der Waals surface area (Å²) in [4.78, 5) is 16.3. The van der Waals surface area contributed by atoms with Crippen LogP contribution in [0.3, 0.4) is 0 Å². The van der Waals surface area contributed by atoms with Crippen LogP contribution in [-0.2, 0) is 14.9 Å². The van der Waals surface area contributed by atoms with E-state index in [1.807, 2.05) is 51.1 Å². The summed E-state index contributed by atoms with van der Waals surface area (Å²) in [5.41, 5.74) is 1.17. The number of nitrogens with zero attached hydrogens (tertiary/aromatic N) is 1. The second-order valence-corrected chi connectivity index (χ2v) is 4.76. The minimum absolute atomic E-state index is 0.208. The standard InChI is InChI=1S/C15H17NO2/c1-4-18-14(17)15(2,3)12-8-7-11-6-5-9-16-13(11)10-12/h5-10H,4H2,1-3H3. The third kappa shape index (κ3) is 2.21. The van der Waals surface area contributed by atoms with Gasteiger partial charge in [-0.3, -0.25) is 9.78 Å². The van der Waals surface area contributed by atoms with Crippen LogP contribution in [0.15, 0.2) is 36.5 Å². The maximum atomic E-state index is 12.0. The molecule has 0 saturated heterocycles. The molecule has 0 saturated carbocycles. The van der Waals surface area contributed by atoms with Crippen molar-refractivity contribution in [3.63, 3.8) is 0 Å². The van der Waals surface area contributed by atoms with Crippen LogP contribution in [-0.4, -0.2) is 17.6 Å². The maximum absolute atomic E-state index is 12.0. The Morgan fingerprint density at radius 2 is 2.11 bits per heavy atom. The molecule has 0 bridgehead atoms. The smallest absolute Gasteiger partial charge is 0.315 e. The normalized spacial score (nSPS) is 11.5. The van der Waals surface area contributed by atoms with Crippen molar-refractivity contribution in [2.45, 2.75) is 26.2 Å². The molecular weight excluding hydrogens is 226 g/mol. The van der Waals surface area contributed by atoms with Gasteiger partial charge in [0.15, 0.2) is 0 Å². The highest BCUT2D eigenvalue weighted by molar-refractivity contribution is 5.85. The van der Waals surface area contributed by atoms with E-state index in [2.05, 4.69) is 4.98 Å². The molecule has 1 aromatic carbocycles. The van der Waals surface area contributed by atoms with Crippen molar-refractivity contribution >= 4 is 16.9 Å². The second kappa shape index (κ2) is 4.77. The van der Waals surface area contributed by atoms with Gasteiger partial charge in [-0.25, -0.2) is 0 Å². The molecule has 0 spiro atoms. The van der Waals surface area contributed by atoms with Gasteiger partial charge in [0, 0.05) is 11.6 Å². The number of carbonyl (C=O) groups excluding carboxylic acids is 1. The summed E-state index contributed by atoms with van der Waals surface area (Å²) in [6, 6.07) is 9.80. The average molecular weight is 243 g/mol. The Hall–Kier alpha value is -1.90. The quantitative estimate of drug-likeness (QED) is 0.778. The summed E-state index contributed by atoms with van der Waals surface area (Å²) in [5, 5.41) is 1.07. The minimum atomic E-state index is -0.651. The number of fused-ring (bicyclic) bond motifs is 1. The van der Waals surface area contributed by atoms with Crippen molar-refractivity contribution in [1.82, 2.24) is 4.98 Å². The van der Waals surface area contributed by atoms with Crippen molar-refractivity contribution in [3.05, 3.63) is 42.1 Å². The van der Waals surface area contributed by atoms with Gasteiger partial charge in [0.05, 0.1) is 17.5 Å². The Balaban J connectivity index is 2.44. The molecule has 3 nitrogen and oxygen atoms in total. The lowest BCUT2D eigenvalue weighted by molar-refractivity contribution is -0.148. The number of ether oxygens (including phenoxy) is 1. The SMILES string of the molecule is CCOC(=O)C(C)(C)c1ccc2cccnc2c1. The Kier molecular flexibility index (Phi) is 3.32. The fourth-order valence-corrected chi connectivity index (χ4v) is 1.88. The molecule has 0 atom stereocenters. The lowest BCUT2D eigenvalue weighted by Crippen LogP contribution is -2.31. The molecular formula is C15H17NO2. The lowest BCUT2D eigenvalue weighted by Gasteiger charge is -2.23. The highest BCUT2D eigenvalue weighted by atomic mass is 16.5. The number of aromatic nitrogens is 1. The Morgan fingerprint density at radius 1 is 1.33 bits per heavy atom. The number of rotatable bonds is 3. The number of hydrogen-bond acceptors (Lipinski definition) is 3. The first-order valence-corrected chi connectivity index (χ1v) is 6.08. The third-order valence-electron chi connectivity index (χ3n) is 3.11. The summed E-state index contributed by atoms with van der Waals surface area (Å²) in [6.07, 6.45) is 1.75. The van der Waals surface area contributed by atoms with Crippen molar-refractivity contribution in [2.75, 3.05) is 6.61 Å². The second-order valence-electron chi connectivity index (χ2n) is 4.76. The molecule has 0 radical (unpaired) electrons. The van der Waals surface area contributed by atoms with Crippen molar-refractivity contribution < 1.29 is 9.53 Å². The van der Waals surface area contributed by atoms with Crippen LogP contribution >= 0.6 is 0 Å². The molecule has 0 N–H and O–H groups in total. The molecule has 1 aromatic heterocycles. The van der Waals surface area contributed by atoms with E-state index in [-0.39, 0.29) is 5.97 Å². The Labute approximate surface area is 107 Å². The van der Waals surface area contributed by atoms with Crippen LogP contribution in [0.25, 0.3) is 10.9 Å². The summed E-state index contributed by atoms with van der Waals surface area (Å²) in [5.74, 6) is -0.208. The largest absolute Gasteiger partial charge is 0.465 e. The van der Waals surface area contributed by atoms with Gasteiger partial charge >= 0.3 is 5.97 Å². The molecule has 0 fully saturated rings. The summed E-state index contributed by atoms with van der Waals surface area (Å²) in [7, 11) is 0. The van der Waals surface area contributed by atoms with E-state index in [0.717, 1.165) is 16.5 Å². The van der Waals surface area contributed by atoms with Gasteiger partial charge in [-0.15, -0.1) is 0 Å². The third-order valence-corrected chi connectivity index (χ3v) is 3.11. The fraction of sp³-hybridized carbons (Fsp3) is 0.333. The van der Waals surface area contributed by atoms with E-state index < -0.39 is 5.41 Å². The first-order valence-electron chi connectivity index (χ1n) is 6.08. The molecule has 0 amide bonds. The molecule has 0 unspecified atom stereocenters. The number of benzene rings is 1. The van der Waals surface area contributed by atoms with E-state index in [9.17, 15) is 4.79 Å². The van der Waals surface area contributed by atoms with Crippen LogP contribution in [0.2, 0.25) is 0 Å². The lowest BCUT2D eigenvalue weighted by atomic mass is 9.84. The topological polar surface area (TPSA) is 39.2 Å². The van der Waals surface area contributed by atoms with Crippen LogP contribution in [0.4, 0.5) is 0 Å². The molecule has 2 aromatic rings. The van der Waals surface area contributed by atoms with Crippen LogP contribution in [0.1, 0.15) is 26.3 Å². The van der Waals surface area contributed by atoms with E-state index >= 15 is 0 Å². The first-order chi connectivity index (χ1) is 8.55. The van der Waals surface area contributed by atoms with Gasteiger partial charge in [-0.2, -0.15) is 0 Å². The van der Waals surface area contributed by atoms with Crippen LogP contribution in [0, 0.1) is 0 Å². The molecule has 94 valence electrons. The van der Waals surface area contributed by atoms with Gasteiger partial charge < -0.3 is 4.74 Å². The van der Waals surface area contributed by atoms with Crippen LogP contribution in [0.5, 0.6) is 0 Å². The highest BCUT2D eigenvalue weighted by Crippen LogP contribution is 2.27. The fourth-order valence-electron chi connectivity index (χ4n) is 1.88. The molecule has 0 aliphatic heterocycles. The van der Waals surface area contributed by atoms with Gasteiger partial charge in [0.25, 0.3) is 0 Å². The van der Waals surface area contributed by atoms with Crippen LogP contribution < -0.4 is 0 Å². The zero-order valence-electron chi connectivity index (χ0n) is 10.9. The number of hydrogen-bond donors (Lipinski definition) is 0. The summed E-state index contributed by atoms with van der Waals surface area (Å²) < 4.78 is 5.11. The summed E-state index contributed by atoms with van der Waals surface area (Å²) in [6.45, 7) is 5.95. The van der Waals surface area contributed by atoms with Gasteiger partial charge in [-0.1, -0.05) is 18.2 Å². The molecule has 3 heteroatoms. The predicted molar refractivity (Wildman–Crippen MR) is 71.4 cm³/mol. The number of esters is 1. The molecule has 0 aliphatic rings. The number of pyridine rings is 1. The molecule has 1 heterocycles. The van der Waals surface area contributed by atoms with Gasteiger partial charge in [0.1, 0.15) is 0 Å². The van der Waals surface area contributed by atoms with Crippen molar-refractivity contribution in [1.29, 1.82) is 0 Å². The zero-order chi connectivity index (χ0) is 13.2. The highest BCUT2D eigenvalue weighted by Gasteiger charge is 2.31. The van der Waals surface area contributed by atoms with E-state index in [1.165, 1.54) is 0 Å². The molecule has 18 heavy (non-hydrogen) atoms. The average Bonchev–Trinajstić information content (AvgIpc) is 2.38. The Morgan fingerprint density at radius 3 is 2.83 bits per heavy atom. The minimum Gasteiger partial charge on any atom is -0.465 e.